The van der Waals surface area contributed by atoms with Gasteiger partial charge in [-0.2, -0.15) is 0 Å². The third-order valence-corrected chi connectivity index (χ3v) is 3.92. The highest BCUT2D eigenvalue weighted by Crippen LogP contribution is 2.32. The lowest BCUT2D eigenvalue weighted by Gasteiger charge is -2.16. The van der Waals surface area contributed by atoms with Crippen LogP contribution in [-0.2, 0) is 13.0 Å². The number of nitrogens with zero attached hydrogens (tertiary/aromatic N) is 2. The molecule has 0 fully saturated rings. The van der Waals surface area contributed by atoms with Crippen LogP contribution in [0.2, 0.25) is 0 Å². The van der Waals surface area contributed by atoms with Crippen molar-refractivity contribution in [3.8, 4) is 17.0 Å². The minimum Gasteiger partial charge on any atom is -0.507 e. The van der Waals surface area contributed by atoms with E-state index in [1.807, 2.05) is 25.9 Å². The molecule has 0 amide bonds. The smallest absolute Gasteiger partial charge is 0.202 e. The topological polar surface area (TPSA) is 79.7 Å². The molecule has 25 heavy (non-hydrogen) atoms. The second kappa shape index (κ2) is 7.72. The molecule has 0 aliphatic rings. The normalized spacial score (nSPS) is 11.0. The highest BCUT2D eigenvalue weighted by Gasteiger charge is 2.19. The predicted octanol–water partition coefficient (Wildman–Crippen LogP) is 3.59. The first kappa shape index (κ1) is 19.0. The maximum atomic E-state index is 12.9. The van der Waals surface area contributed by atoms with Crippen molar-refractivity contribution in [1.29, 1.82) is 0 Å². The fourth-order valence-corrected chi connectivity index (χ4v) is 2.84. The second-order valence-corrected chi connectivity index (χ2v) is 6.09. The largest absolute Gasteiger partial charge is 0.507 e. The predicted molar refractivity (Wildman–Crippen MR) is 98.3 cm³/mol. The fourth-order valence-electron chi connectivity index (χ4n) is 2.84. The maximum Gasteiger partial charge on any atom is 0.202 e. The number of aryl methyl sites for hydroxylation is 1. The van der Waals surface area contributed by atoms with Crippen LogP contribution in [-0.4, -0.2) is 29.3 Å². The number of aromatic hydroxyl groups is 1. The molecule has 7 heteroatoms. The van der Waals surface area contributed by atoms with E-state index in [0.29, 0.717) is 40.8 Å². The number of phenolic OH excluding ortho intramolecular Hbond substituents is 1. The summed E-state index contributed by atoms with van der Waals surface area (Å²) in [7, 11) is 3.80. The molecule has 0 unspecified atom stereocenters. The molecule has 3 rings (SSSR count). The standard InChI is InChI=1S/C18H20N2O4.ClH/c1-4-5-11-8-12-17(22)14(15-6-7-24-19-15)10-23-18(12)13(16(11)21)9-20(2)3;/h6-8,10,21H,4-5,9H2,1-3H3;1H. The molecule has 0 radical (unpaired) electrons. The first-order chi connectivity index (χ1) is 11.5. The summed E-state index contributed by atoms with van der Waals surface area (Å²) in [5.74, 6) is 0.204. The lowest BCUT2D eigenvalue weighted by atomic mass is 9.99. The molecule has 6 nitrogen and oxygen atoms in total. The number of rotatable bonds is 5. The quantitative estimate of drug-likeness (QED) is 0.745. The minimum atomic E-state index is -0.178. The fraction of sp³-hybridized carbons (Fsp3) is 0.333. The van der Waals surface area contributed by atoms with Crippen LogP contribution in [0.4, 0.5) is 0 Å². The van der Waals surface area contributed by atoms with Crippen LogP contribution < -0.4 is 5.43 Å². The van der Waals surface area contributed by atoms with Crippen LogP contribution in [0.5, 0.6) is 5.75 Å². The number of halogens is 1. The minimum absolute atomic E-state index is 0. The molecule has 3 aromatic rings. The molecule has 0 aliphatic heterocycles. The summed E-state index contributed by atoms with van der Waals surface area (Å²) in [4.78, 5) is 14.8. The molecule has 0 saturated heterocycles. The van der Waals surface area contributed by atoms with Gasteiger partial charge in [0, 0.05) is 12.6 Å². The average Bonchev–Trinajstić information content (AvgIpc) is 3.06. The lowest BCUT2D eigenvalue weighted by Crippen LogP contribution is -2.13. The van der Waals surface area contributed by atoms with Gasteiger partial charge in [-0.15, -0.1) is 12.4 Å². The van der Waals surface area contributed by atoms with Crippen molar-refractivity contribution in [3.63, 3.8) is 0 Å². The third kappa shape index (κ3) is 3.55. The van der Waals surface area contributed by atoms with E-state index in [1.54, 1.807) is 12.1 Å². The summed E-state index contributed by atoms with van der Waals surface area (Å²) in [5, 5.41) is 14.9. The van der Waals surface area contributed by atoms with Crippen LogP contribution in [0.15, 0.2) is 38.4 Å². The maximum absolute atomic E-state index is 12.9. The van der Waals surface area contributed by atoms with E-state index in [2.05, 4.69) is 5.16 Å². The van der Waals surface area contributed by atoms with Crippen molar-refractivity contribution in [2.24, 2.45) is 0 Å². The summed E-state index contributed by atoms with van der Waals surface area (Å²) in [5.41, 5.74) is 2.40. The number of aromatic nitrogens is 1. The van der Waals surface area contributed by atoms with Crippen LogP contribution >= 0.6 is 12.4 Å². The first-order valence-electron chi connectivity index (χ1n) is 7.87. The third-order valence-electron chi connectivity index (χ3n) is 3.92. The molecule has 2 heterocycles. The van der Waals surface area contributed by atoms with Crippen LogP contribution in [0.3, 0.4) is 0 Å². The molecule has 0 aliphatic carbocycles. The van der Waals surface area contributed by atoms with Crippen LogP contribution in [0.25, 0.3) is 22.2 Å². The Hall–Kier alpha value is -2.31. The van der Waals surface area contributed by atoms with Crippen molar-refractivity contribution in [1.82, 2.24) is 10.1 Å². The van der Waals surface area contributed by atoms with Gasteiger partial charge in [0.25, 0.3) is 0 Å². The number of fused-ring (bicyclic) bond motifs is 1. The van der Waals surface area contributed by atoms with Gasteiger partial charge in [0.1, 0.15) is 29.6 Å². The molecule has 0 bridgehead atoms. The Labute approximate surface area is 151 Å². The van der Waals surface area contributed by atoms with Gasteiger partial charge in [-0.3, -0.25) is 4.79 Å². The van der Waals surface area contributed by atoms with Crippen LogP contribution in [0.1, 0.15) is 24.5 Å². The Morgan fingerprint density at radius 1 is 1.32 bits per heavy atom. The van der Waals surface area contributed by atoms with Gasteiger partial charge in [0.2, 0.25) is 5.43 Å². The van der Waals surface area contributed by atoms with E-state index in [9.17, 15) is 9.90 Å². The number of hydrogen-bond acceptors (Lipinski definition) is 6. The molecule has 134 valence electrons. The number of benzene rings is 1. The van der Waals surface area contributed by atoms with Gasteiger partial charge < -0.3 is 18.9 Å². The monoisotopic (exact) mass is 364 g/mol. The first-order valence-corrected chi connectivity index (χ1v) is 7.87. The van der Waals surface area contributed by atoms with Crippen LogP contribution in [0, 0.1) is 0 Å². The lowest BCUT2D eigenvalue weighted by molar-refractivity contribution is 0.382. The molecule has 1 N–H and O–H groups in total. The summed E-state index contributed by atoms with van der Waals surface area (Å²) >= 11 is 0. The Balaban J connectivity index is 0.00000225. The molecule has 0 atom stereocenters. The summed E-state index contributed by atoms with van der Waals surface area (Å²) < 4.78 is 10.5. The SMILES string of the molecule is CCCc1cc2c(=O)c(-c3ccon3)coc2c(CN(C)C)c1O.Cl. The van der Waals surface area contributed by atoms with Crippen molar-refractivity contribution in [3.05, 3.63) is 46.0 Å². The molecular weight excluding hydrogens is 344 g/mol. The Bertz CT molecular complexity index is 917. The number of phenols is 1. The van der Waals surface area contributed by atoms with Gasteiger partial charge in [-0.25, -0.2) is 0 Å². The zero-order valence-electron chi connectivity index (χ0n) is 14.4. The highest BCUT2D eigenvalue weighted by atomic mass is 35.5. The van der Waals surface area contributed by atoms with Gasteiger partial charge in [0.05, 0.1) is 16.5 Å². The van der Waals surface area contributed by atoms with E-state index in [0.717, 1.165) is 12.0 Å². The van der Waals surface area contributed by atoms with Crippen molar-refractivity contribution in [2.45, 2.75) is 26.3 Å². The van der Waals surface area contributed by atoms with E-state index in [-0.39, 0.29) is 23.6 Å². The Morgan fingerprint density at radius 3 is 2.68 bits per heavy atom. The molecular formula is C18H21ClN2O4. The summed E-state index contributed by atoms with van der Waals surface area (Å²) in [6.45, 7) is 2.51. The zero-order chi connectivity index (χ0) is 17.3. The van der Waals surface area contributed by atoms with Crippen molar-refractivity contribution >= 4 is 23.4 Å². The second-order valence-electron chi connectivity index (χ2n) is 6.09. The van der Waals surface area contributed by atoms with Gasteiger partial charge >= 0.3 is 0 Å². The number of hydrogen-bond donors (Lipinski definition) is 1. The average molecular weight is 365 g/mol. The Kier molecular flexibility index (Phi) is 5.87. The summed E-state index contributed by atoms with van der Waals surface area (Å²) in [6, 6.07) is 3.34. The molecule has 1 aromatic carbocycles. The van der Waals surface area contributed by atoms with Gasteiger partial charge in [-0.1, -0.05) is 18.5 Å². The summed E-state index contributed by atoms with van der Waals surface area (Å²) in [6.07, 6.45) is 4.35. The van der Waals surface area contributed by atoms with E-state index >= 15 is 0 Å². The zero-order valence-corrected chi connectivity index (χ0v) is 15.2. The van der Waals surface area contributed by atoms with Gasteiger partial charge in [0.15, 0.2) is 0 Å². The highest BCUT2D eigenvalue weighted by molar-refractivity contribution is 5.86. The Morgan fingerprint density at radius 2 is 2.08 bits per heavy atom. The molecule has 2 aromatic heterocycles. The molecule has 0 spiro atoms. The van der Waals surface area contributed by atoms with E-state index < -0.39 is 0 Å². The van der Waals surface area contributed by atoms with Crippen molar-refractivity contribution < 1.29 is 14.0 Å². The van der Waals surface area contributed by atoms with E-state index in [4.69, 9.17) is 8.94 Å². The van der Waals surface area contributed by atoms with E-state index in [1.165, 1.54) is 12.5 Å². The molecule has 0 saturated carbocycles. The van der Waals surface area contributed by atoms with Gasteiger partial charge in [-0.05, 0) is 32.1 Å². The van der Waals surface area contributed by atoms with Crippen molar-refractivity contribution in [2.75, 3.05) is 14.1 Å².